The number of halogens is 1. The van der Waals surface area contributed by atoms with Crippen LogP contribution >= 0.6 is 12.4 Å². The summed E-state index contributed by atoms with van der Waals surface area (Å²) >= 11 is 0. The zero-order valence-corrected chi connectivity index (χ0v) is 12.6. The zero-order chi connectivity index (χ0) is 12.5. The highest BCUT2D eigenvalue weighted by Crippen LogP contribution is 2.44. The summed E-state index contributed by atoms with van der Waals surface area (Å²) in [6.45, 7) is 7.05. The van der Waals surface area contributed by atoms with Gasteiger partial charge in [0.2, 0.25) is 0 Å². The lowest BCUT2D eigenvalue weighted by atomic mass is 9.66. The molecule has 1 aliphatic carbocycles. The number of hydrogen-bond acceptors (Lipinski definition) is 1. The Morgan fingerprint density at radius 1 is 1.06 bits per heavy atom. The van der Waals surface area contributed by atoms with E-state index in [9.17, 15) is 0 Å². The lowest BCUT2D eigenvalue weighted by molar-refractivity contribution is 0.134. The van der Waals surface area contributed by atoms with E-state index >= 15 is 0 Å². The zero-order valence-electron chi connectivity index (χ0n) is 11.8. The molecule has 0 spiro atoms. The SMILES string of the molecule is CC(C)(C)C1CCC(N)(c2ccccc2)CC1.Cl. The van der Waals surface area contributed by atoms with Crippen molar-refractivity contribution in [3.63, 3.8) is 0 Å². The summed E-state index contributed by atoms with van der Waals surface area (Å²) in [5.41, 5.74) is 8.25. The van der Waals surface area contributed by atoms with Gasteiger partial charge < -0.3 is 5.73 Å². The Kier molecular flexibility index (Phi) is 4.85. The molecule has 0 saturated heterocycles. The van der Waals surface area contributed by atoms with E-state index in [-0.39, 0.29) is 17.9 Å². The molecule has 2 N–H and O–H groups in total. The quantitative estimate of drug-likeness (QED) is 0.797. The van der Waals surface area contributed by atoms with E-state index in [1.165, 1.54) is 18.4 Å². The molecule has 1 aromatic carbocycles. The molecule has 0 unspecified atom stereocenters. The third kappa shape index (κ3) is 3.27. The van der Waals surface area contributed by atoms with Crippen LogP contribution in [0.5, 0.6) is 0 Å². The van der Waals surface area contributed by atoms with E-state index < -0.39 is 0 Å². The Labute approximate surface area is 118 Å². The lowest BCUT2D eigenvalue weighted by Gasteiger charge is -2.42. The van der Waals surface area contributed by atoms with Crippen LogP contribution in [0, 0.1) is 11.3 Å². The summed E-state index contributed by atoms with van der Waals surface area (Å²) in [6, 6.07) is 10.6. The molecule has 1 saturated carbocycles. The van der Waals surface area contributed by atoms with Crippen molar-refractivity contribution < 1.29 is 0 Å². The molecule has 1 aliphatic rings. The molecule has 0 bridgehead atoms. The maximum absolute atomic E-state index is 6.59. The van der Waals surface area contributed by atoms with E-state index in [1.54, 1.807) is 0 Å². The first kappa shape index (κ1) is 15.5. The van der Waals surface area contributed by atoms with Crippen molar-refractivity contribution in [3.05, 3.63) is 35.9 Å². The maximum Gasteiger partial charge on any atom is 0.0409 e. The number of benzene rings is 1. The summed E-state index contributed by atoms with van der Waals surface area (Å²) < 4.78 is 0. The summed E-state index contributed by atoms with van der Waals surface area (Å²) in [5.74, 6) is 0.822. The van der Waals surface area contributed by atoms with Crippen molar-refractivity contribution in [3.8, 4) is 0 Å². The van der Waals surface area contributed by atoms with E-state index in [1.807, 2.05) is 0 Å². The van der Waals surface area contributed by atoms with E-state index in [0.29, 0.717) is 5.41 Å². The molecule has 2 heteroatoms. The van der Waals surface area contributed by atoms with Gasteiger partial charge in [0.15, 0.2) is 0 Å². The molecule has 18 heavy (non-hydrogen) atoms. The molecule has 102 valence electrons. The monoisotopic (exact) mass is 267 g/mol. The molecule has 0 atom stereocenters. The van der Waals surface area contributed by atoms with Crippen molar-refractivity contribution in [2.75, 3.05) is 0 Å². The summed E-state index contributed by atoms with van der Waals surface area (Å²) in [6.07, 6.45) is 4.77. The standard InChI is InChI=1S/C16H25N.ClH/c1-15(2,3)13-9-11-16(17,12-10-13)14-7-5-4-6-8-14;/h4-8,13H,9-12,17H2,1-3H3;1H. The minimum absolute atomic E-state index is 0. The number of rotatable bonds is 1. The molecule has 1 nitrogen and oxygen atoms in total. The summed E-state index contributed by atoms with van der Waals surface area (Å²) in [4.78, 5) is 0. The molecule has 0 aromatic heterocycles. The van der Waals surface area contributed by atoms with Crippen molar-refractivity contribution in [1.82, 2.24) is 0 Å². The Morgan fingerprint density at radius 2 is 1.56 bits per heavy atom. The first-order chi connectivity index (χ1) is 7.92. The van der Waals surface area contributed by atoms with Gasteiger partial charge in [-0.05, 0) is 42.6 Å². The van der Waals surface area contributed by atoms with Gasteiger partial charge in [-0.25, -0.2) is 0 Å². The molecular formula is C16H26ClN. The topological polar surface area (TPSA) is 26.0 Å². The van der Waals surface area contributed by atoms with Gasteiger partial charge in [0, 0.05) is 5.54 Å². The number of hydrogen-bond donors (Lipinski definition) is 1. The molecule has 1 fully saturated rings. The second kappa shape index (κ2) is 5.63. The van der Waals surface area contributed by atoms with Crippen molar-refractivity contribution in [2.24, 2.45) is 17.1 Å². The van der Waals surface area contributed by atoms with Crippen LogP contribution in [0.3, 0.4) is 0 Å². The molecule has 1 aromatic rings. The largest absolute Gasteiger partial charge is 0.321 e. The van der Waals surface area contributed by atoms with Crippen LogP contribution in [0.4, 0.5) is 0 Å². The van der Waals surface area contributed by atoms with Crippen LogP contribution < -0.4 is 5.73 Å². The fraction of sp³-hybridized carbons (Fsp3) is 0.625. The van der Waals surface area contributed by atoms with Crippen LogP contribution in [0.2, 0.25) is 0 Å². The second-order valence-electron chi connectivity index (χ2n) is 6.66. The van der Waals surface area contributed by atoms with Crippen molar-refractivity contribution in [2.45, 2.75) is 52.0 Å². The van der Waals surface area contributed by atoms with Crippen molar-refractivity contribution >= 4 is 12.4 Å². The Morgan fingerprint density at radius 3 is 2.00 bits per heavy atom. The van der Waals surface area contributed by atoms with Crippen LogP contribution in [-0.2, 0) is 5.54 Å². The third-order valence-electron chi connectivity index (χ3n) is 4.45. The van der Waals surface area contributed by atoms with Crippen LogP contribution in [0.25, 0.3) is 0 Å². The first-order valence-corrected chi connectivity index (χ1v) is 6.76. The maximum atomic E-state index is 6.59. The van der Waals surface area contributed by atoms with Gasteiger partial charge in [-0.15, -0.1) is 12.4 Å². The summed E-state index contributed by atoms with van der Waals surface area (Å²) in [5, 5.41) is 0. The average molecular weight is 268 g/mol. The minimum atomic E-state index is -0.0803. The third-order valence-corrected chi connectivity index (χ3v) is 4.45. The normalized spacial score (nSPS) is 28.6. The average Bonchev–Trinajstić information content (AvgIpc) is 2.29. The predicted octanol–water partition coefficient (Wildman–Crippen LogP) is 4.50. The Bertz CT molecular complexity index is 358. The smallest absolute Gasteiger partial charge is 0.0409 e. The highest BCUT2D eigenvalue weighted by atomic mass is 35.5. The van der Waals surface area contributed by atoms with Gasteiger partial charge in [-0.3, -0.25) is 0 Å². The van der Waals surface area contributed by atoms with E-state index in [2.05, 4.69) is 51.1 Å². The van der Waals surface area contributed by atoms with Gasteiger partial charge in [-0.1, -0.05) is 51.1 Å². The van der Waals surface area contributed by atoms with Gasteiger partial charge in [0.25, 0.3) is 0 Å². The van der Waals surface area contributed by atoms with Gasteiger partial charge in [0.05, 0.1) is 0 Å². The molecule has 0 amide bonds. The fourth-order valence-corrected chi connectivity index (χ4v) is 3.06. The fourth-order valence-electron chi connectivity index (χ4n) is 3.06. The highest BCUT2D eigenvalue weighted by molar-refractivity contribution is 5.85. The van der Waals surface area contributed by atoms with Gasteiger partial charge in [-0.2, -0.15) is 0 Å². The number of nitrogens with two attached hydrogens (primary N) is 1. The second-order valence-corrected chi connectivity index (χ2v) is 6.66. The molecule has 0 aliphatic heterocycles. The first-order valence-electron chi connectivity index (χ1n) is 6.76. The van der Waals surface area contributed by atoms with Crippen LogP contribution in [0.1, 0.15) is 52.0 Å². The Hall–Kier alpha value is -0.530. The van der Waals surface area contributed by atoms with Crippen LogP contribution in [0.15, 0.2) is 30.3 Å². The molecular weight excluding hydrogens is 242 g/mol. The summed E-state index contributed by atoms with van der Waals surface area (Å²) in [7, 11) is 0. The molecule has 0 heterocycles. The van der Waals surface area contributed by atoms with E-state index in [4.69, 9.17) is 5.73 Å². The van der Waals surface area contributed by atoms with Gasteiger partial charge >= 0.3 is 0 Å². The van der Waals surface area contributed by atoms with Crippen LogP contribution in [-0.4, -0.2) is 0 Å². The van der Waals surface area contributed by atoms with E-state index in [0.717, 1.165) is 18.8 Å². The lowest BCUT2D eigenvalue weighted by Crippen LogP contribution is -2.42. The van der Waals surface area contributed by atoms with Gasteiger partial charge in [0.1, 0.15) is 0 Å². The van der Waals surface area contributed by atoms with Crippen molar-refractivity contribution in [1.29, 1.82) is 0 Å². The minimum Gasteiger partial charge on any atom is -0.321 e. The Balaban J connectivity index is 0.00000162. The highest BCUT2D eigenvalue weighted by Gasteiger charge is 2.36. The predicted molar refractivity (Wildman–Crippen MR) is 81.0 cm³/mol. The molecule has 2 rings (SSSR count). The molecule has 0 radical (unpaired) electrons.